The zero-order chi connectivity index (χ0) is 17.2. The molecule has 0 bridgehead atoms. The number of aryl methyl sites for hydroxylation is 1. The summed E-state index contributed by atoms with van der Waals surface area (Å²) < 4.78 is 1.87. The highest BCUT2D eigenvalue weighted by Gasteiger charge is 2.19. The molecule has 4 nitrogen and oxygen atoms in total. The molecule has 0 fully saturated rings. The summed E-state index contributed by atoms with van der Waals surface area (Å²) in [6, 6.07) is 19.8. The molecule has 0 unspecified atom stereocenters. The van der Waals surface area contributed by atoms with Gasteiger partial charge in [0.05, 0.1) is 5.69 Å². The summed E-state index contributed by atoms with van der Waals surface area (Å²) in [7, 11) is 0. The summed E-state index contributed by atoms with van der Waals surface area (Å²) in [6.45, 7) is 2.09. The fourth-order valence-corrected chi connectivity index (χ4v) is 3.21. The molecule has 0 saturated carbocycles. The average molecular weight is 329 g/mol. The number of rotatable bonds is 4. The van der Waals surface area contributed by atoms with Gasteiger partial charge in [-0.15, -0.1) is 0 Å². The molecule has 2 heterocycles. The van der Waals surface area contributed by atoms with Crippen molar-refractivity contribution in [2.24, 2.45) is 0 Å². The van der Waals surface area contributed by atoms with Crippen LogP contribution in [0.4, 0.5) is 5.69 Å². The van der Waals surface area contributed by atoms with Gasteiger partial charge in [0.25, 0.3) is 5.91 Å². The minimum atomic E-state index is -0.126. The van der Waals surface area contributed by atoms with Crippen LogP contribution >= 0.6 is 0 Å². The lowest BCUT2D eigenvalue weighted by Crippen LogP contribution is -2.16. The van der Waals surface area contributed by atoms with E-state index in [4.69, 9.17) is 0 Å². The van der Waals surface area contributed by atoms with Crippen LogP contribution in [0.1, 0.15) is 29.5 Å². The summed E-state index contributed by atoms with van der Waals surface area (Å²) in [5.74, 6) is -0.126. The van der Waals surface area contributed by atoms with Gasteiger partial charge in [0.2, 0.25) is 0 Å². The summed E-state index contributed by atoms with van der Waals surface area (Å²) >= 11 is 0. The first-order chi connectivity index (χ1) is 12.3. The molecule has 124 valence electrons. The van der Waals surface area contributed by atoms with Gasteiger partial charge in [-0.25, -0.2) is 4.98 Å². The molecule has 0 radical (unpaired) electrons. The molecule has 4 aromatic rings. The first-order valence-corrected chi connectivity index (χ1v) is 8.53. The predicted octanol–water partition coefficient (Wildman–Crippen LogP) is 4.69. The molecule has 0 aliphatic heterocycles. The molecular formula is C21H19N3O. The van der Waals surface area contributed by atoms with Crippen molar-refractivity contribution in [3.05, 3.63) is 78.2 Å². The fraction of sp³-hybridized carbons (Fsp3) is 0.143. The molecule has 2 aromatic heterocycles. The zero-order valence-corrected chi connectivity index (χ0v) is 14.1. The molecule has 1 amide bonds. The van der Waals surface area contributed by atoms with Crippen LogP contribution in [0, 0.1) is 0 Å². The number of benzene rings is 2. The standard InChI is InChI=1S/C21H19N3O/c1-2-8-18-20(24-14-6-5-13-19(24)22-18)21(25)23-17-12-7-10-15-9-3-4-11-16(15)17/h3-7,9-14H,2,8H2,1H3,(H,23,25). The second kappa shape index (κ2) is 6.40. The van der Waals surface area contributed by atoms with Crippen molar-refractivity contribution in [2.45, 2.75) is 19.8 Å². The predicted molar refractivity (Wildman–Crippen MR) is 101 cm³/mol. The molecule has 2 aromatic carbocycles. The molecule has 0 aliphatic carbocycles. The molecule has 0 saturated heterocycles. The third-order valence-electron chi connectivity index (χ3n) is 4.34. The van der Waals surface area contributed by atoms with Gasteiger partial charge in [-0.2, -0.15) is 0 Å². The average Bonchev–Trinajstić information content (AvgIpc) is 3.00. The van der Waals surface area contributed by atoms with Crippen LogP contribution in [0.5, 0.6) is 0 Å². The van der Waals surface area contributed by atoms with Crippen molar-refractivity contribution in [3.8, 4) is 0 Å². The highest BCUT2D eigenvalue weighted by Crippen LogP contribution is 2.24. The number of anilines is 1. The molecule has 0 aliphatic rings. The van der Waals surface area contributed by atoms with Crippen molar-refractivity contribution >= 4 is 28.0 Å². The molecule has 0 spiro atoms. The van der Waals surface area contributed by atoms with Gasteiger partial charge in [-0.05, 0) is 30.0 Å². The SMILES string of the molecule is CCCc1nc2ccccn2c1C(=O)Nc1cccc2ccccc12. The van der Waals surface area contributed by atoms with E-state index in [1.165, 1.54) is 0 Å². The fourth-order valence-electron chi connectivity index (χ4n) is 3.21. The Morgan fingerprint density at radius 2 is 1.84 bits per heavy atom. The third kappa shape index (κ3) is 2.76. The monoisotopic (exact) mass is 329 g/mol. The number of fused-ring (bicyclic) bond motifs is 2. The van der Waals surface area contributed by atoms with Crippen molar-refractivity contribution < 1.29 is 4.79 Å². The smallest absolute Gasteiger partial charge is 0.274 e. The van der Waals surface area contributed by atoms with E-state index in [2.05, 4.69) is 17.2 Å². The number of carbonyl (C=O) groups excluding carboxylic acids is 1. The quantitative estimate of drug-likeness (QED) is 0.590. The van der Waals surface area contributed by atoms with Crippen LogP contribution in [0.25, 0.3) is 16.4 Å². The summed E-state index contributed by atoms with van der Waals surface area (Å²) in [6.07, 6.45) is 3.61. The Morgan fingerprint density at radius 3 is 2.72 bits per heavy atom. The van der Waals surface area contributed by atoms with E-state index in [1.54, 1.807) is 0 Å². The van der Waals surface area contributed by atoms with Gasteiger partial charge in [-0.1, -0.05) is 55.8 Å². The Kier molecular flexibility index (Phi) is 3.94. The van der Waals surface area contributed by atoms with E-state index in [0.717, 1.165) is 40.6 Å². The number of carbonyl (C=O) groups is 1. The van der Waals surface area contributed by atoms with E-state index in [9.17, 15) is 4.79 Å². The first-order valence-electron chi connectivity index (χ1n) is 8.53. The van der Waals surface area contributed by atoms with Crippen molar-refractivity contribution in [1.29, 1.82) is 0 Å². The Balaban J connectivity index is 1.78. The maximum absolute atomic E-state index is 13.1. The minimum absolute atomic E-state index is 0.126. The number of pyridine rings is 1. The van der Waals surface area contributed by atoms with E-state index in [-0.39, 0.29) is 5.91 Å². The van der Waals surface area contributed by atoms with Crippen LogP contribution in [-0.2, 0) is 6.42 Å². The Hall–Kier alpha value is -3.14. The Labute approximate surface area is 146 Å². The molecule has 25 heavy (non-hydrogen) atoms. The van der Waals surface area contributed by atoms with E-state index < -0.39 is 0 Å². The topological polar surface area (TPSA) is 46.4 Å². The number of aromatic nitrogens is 2. The number of imidazole rings is 1. The van der Waals surface area contributed by atoms with Gasteiger partial charge >= 0.3 is 0 Å². The second-order valence-corrected chi connectivity index (χ2v) is 6.07. The Morgan fingerprint density at radius 1 is 1.04 bits per heavy atom. The van der Waals surface area contributed by atoms with E-state index >= 15 is 0 Å². The highest BCUT2D eigenvalue weighted by atomic mass is 16.2. The minimum Gasteiger partial charge on any atom is -0.320 e. The summed E-state index contributed by atoms with van der Waals surface area (Å²) in [5, 5.41) is 5.21. The summed E-state index contributed by atoms with van der Waals surface area (Å²) in [5.41, 5.74) is 3.07. The molecule has 1 N–H and O–H groups in total. The Bertz CT molecular complexity index is 1060. The maximum atomic E-state index is 13.1. The molecular weight excluding hydrogens is 310 g/mol. The van der Waals surface area contributed by atoms with Gasteiger partial charge in [0, 0.05) is 17.3 Å². The molecule has 4 heteroatoms. The number of nitrogens with zero attached hydrogens (tertiary/aromatic N) is 2. The van der Waals surface area contributed by atoms with Crippen LogP contribution in [0.2, 0.25) is 0 Å². The van der Waals surface area contributed by atoms with Crippen LogP contribution in [-0.4, -0.2) is 15.3 Å². The highest BCUT2D eigenvalue weighted by molar-refractivity contribution is 6.09. The molecule has 0 atom stereocenters. The largest absolute Gasteiger partial charge is 0.320 e. The van der Waals surface area contributed by atoms with Crippen molar-refractivity contribution in [3.63, 3.8) is 0 Å². The third-order valence-corrected chi connectivity index (χ3v) is 4.34. The lowest BCUT2D eigenvalue weighted by atomic mass is 10.1. The summed E-state index contributed by atoms with van der Waals surface area (Å²) in [4.78, 5) is 17.7. The maximum Gasteiger partial charge on any atom is 0.274 e. The lowest BCUT2D eigenvalue weighted by Gasteiger charge is -2.10. The number of amides is 1. The number of hydrogen-bond acceptors (Lipinski definition) is 2. The number of nitrogens with one attached hydrogen (secondary N) is 1. The van der Waals surface area contributed by atoms with Gasteiger partial charge < -0.3 is 5.32 Å². The number of hydrogen-bond donors (Lipinski definition) is 1. The lowest BCUT2D eigenvalue weighted by molar-refractivity contribution is 0.102. The van der Waals surface area contributed by atoms with Crippen LogP contribution in [0.15, 0.2) is 66.9 Å². The van der Waals surface area contributed by atoms with Crippen molar-refractivity contribution in [1.82, 2.24) is 9.38 Å². The van der Waals surface area contributed by atoms with E-state index in [0.29, 0.717) is 5.69 Å². The van der Waals surface area contributed by atoms with Gasteiger partial charge in [0.15, 0.2) is 0 Å². The van der Waals surface area contributed by atoms with Crippen LogP contribution in [0.3, 0.4) is 0 Å². The van der Waals surface area contributed by atoms with Crippen molar-refractivity contribution in [2.75, 3.05) is 5.32 Å². The van der Waals surface area contributed by atoms with Crippen LogP contribution < -0.4 is 5.32 Å². The normalized spacial score (nSPS) is 11.1. The first kappa shape index (κ1) is 15.4. The molecule has 4 rings (SSSR count). The zero-order valence-electron chi connectivity index (χ0n) is 14.1. The second-order valence-electron chi connectivity index (χ2n) is 6.07. The van der Waals surface area contributed by atoms with Gasteiger partial charge in [-0.3, -0.25) is 9.20 Å². The van der Waals surface area contributed by atoms with Gasteiger partial charge in [0.1, 0.15) is 11.3 Å². The van der Waals surface area contributed by atoms with E-state index in [1.807, 2.05) is 71.3 Å².